The van der Waals surface area contributed by atoms with Crippen molar-refractivity contribution in [3.05, 3.63) is 36.0 Å². The van der Waals surface area contributed by atoms with E-state index < -0.39 is 11.9 Å². The van der Waals surface area contributed by atoms with Gasteiger partial charge in [0.1, 0.15) is 12.2 Å². The van der Waals surface area contributed by atoms with E-state index in [0.717, 1.165) is 10.9 Å². The van der Waals surface area contributed by atoms with E-state index in [4.69, 9.17) is 5.11 Å². The van der Waals surface area contributed by atoms with Gasteiger partial charge in [-0.1, -0.05) is 32.0 Å². The number of hydrogen-bond acceptors (Lipinski definition) is 2. The molecule has 0 saturated carbocycles. The van der Waals surface area contributed by atoms with Crippen LogP contribution in [0.4, 0.5) is 0 Å². The molecule has 1 aromatic carbocycles. The Labute approximate surface area is 105 Å². The Bertz CT molecular complexity index is 513. The monoisotopic (exact) mass is 248 g/mol. The molecule has 0 aliphatic rings. The number of fused-ring (bicyclic) bond motifs is 1. The first-order valence-corrected chi connectivity index (χ1v) is 5.74. The molecular formula is C13H16N2O3. The first-order chi connectivity index (χ1) is 8.66. The molecule has 0 atom stereocenters. The van der Waals surface area contributed by atoms with Crippen molar-refractivity contribution in [2.45, 2.75) is 13.8 Å². The minimum Gasteiger partial charge on any atom is -0.480 e. The van der Waals surface area contributed by atoms with E-state index >= 15 is 0 Å². The summed E-state index contributed by atoms with van der Waals surface area (Å²) < 4.78 is 0. The molecule has 0 radical (unpaired) electrons. The fourth-order valence-corrected chi connectivity index (χ4v) is 1.45. The Balaban J connectivity index is 0.000000771. The summed E-state index contributed by atoms with van der Waals surface area (Å²) in [5.74, 6) is -1.48. The number of hydrogen-bond donors (Lipinski definition) is 3. The molecule has 1 aromatic heterocycles. The second kappa shape index (κ2) is 6.44. The predicted octanol–water partition coefficient (Wildman–Crippen LogP) is 2.01. The highest BCUT2D eigenvalue weighted by molar-refractivity contribution is 5.98. The van der Waals surface area contributed by atoms with Crippen LogP contribution in [0.1, 0.15) is 24.3 Å². The van der Waals surface area contributed by atoms with Crippen LogP contribution < -0.4 is 5.32 Å². The van der Waals surface area contributed by atoms with Crippen molar-refractivity contribution in [1.29, 1.82) is 0 Å². The van der Waals surface area contributed by atoms with E-state index in [-0.39, 0.29) is 6.54 Å². The van der Waals surface area contributed by atoms with Crippen molar-refractivity contribution < 1.29 is 14.7 Å². The van der Waals surface area contributed by atoms with Crippen LogP contribution >= 0.6 is 0 Å². The smallest absolute Gasteiger partial charge is 0.322 e. The Morgan fingerprint density at radius 3 is 2.56 bits per heavy atom. The van der Waals surface area contributed by atoms with Crippen LogP contribution in [0.15, 0.2) is 30.3 Å². The highest BCUT2D eigenvalue weighted by Crippen LogP contribution is 2.14. The summed E-state index contributed by atoms with van der Waals surface area (Å²) in [5, 5.41) is 11.6. The lowest BCUT2D eigenvalue weighted by Crippen LogP contribution is -2.29. The lowest BCUT2D eigenvalue weighted by molar-refractivity contribution is -0.135. The number of benzene rings is 1. The van der Waals surface area contributed by atoms with Gasteiger partial charge in [0.25, 0.3) is 5.91 Å². The van der Waals surface area contributed by atoms with Gasteiger partial charge in [0, 0.05) is 10.9 Å². The average molecular weight is 248 g/mol. The normalized spacial score (nSPS) is 9.44. The predicted molar refractivity (Wildman–Crippen MR) is 69.6 cm³/mol. The van der Waals surface area contributed by atoms with E-state index in [9.17, 15) is 9.59 Å². The standard InChI is InChI=1S/C11H10N2O3.C2H6/c14-10(15)6-12-11(16)9-5-7-3-1-2-4-8(7)13-9;1-2/h1-5,13H,6H2,(H,12,16)(H,14,15);1-2H3. The fraction of sp³-hybridized carbons (Fsp3) is 0.231. The molecular weight excluding hydrogens is 232 g/mol. The third kappa shape index (κ3) is 3.35. The summed E-state index contributed by atoms with van der Waals surface area (Å²) in [6.07, 6.45) is 0. The molecule has 0 unspecified atom stereocenters. The Hall–Kier alpha value is -2.30. The zero-order chi connectivity index (χ0) is 13.5. The van der Waals surface area contributed by atoms with E-state index in [2.05, 4.69) is 10.3 Å². The van der Waals surface area contributed by atoms with Crippen LogP contribution in [0.25, 0.3) is 10.9 Å². The summed E-state index contributed by atoms with van der Waals surface area (Å²) in [6.45, 7) is 3.62. The number of H-pyrrole nitrogens is 1. The van der Waals surface area contributed by atoms with Crippen LogP contribution in [-0.4, -0.2) is 28.5 Å². The molecule has 3 N–H and O–H groups in total. The molecule has 5 heteroatoms. The molecule has 96 valence electrons. The molecule has 1 amide bonds. The molecule has 1 heterocycles. The third-order valence-electron chi connectivity index (χ3n) is 2.17. The van der Waals surface area contributed by atoms with Gasteiger partial charge in [-0.05, 0) is 12.1 Å². The van der Waals surface area contributed by atoms with Gasteiger partial charge in [0.15, 0.2) is 0 Å². The lowest BCUT2D eigenvalue weighted by Gasteiger charge is -1.98. The summed E-state index contributed by atoms with van der Waals surface area (Å²) in [5.41, 5.74) is 1.21. The summed E-state index contributed by atoms with van der Waals surface area (Å²) in [4.78, 5) is 24.7. The number of aromatic amines is 1. The van der Waals surface area contributed by atoms with Crippen molar-refractivity contribution in [1.82, 2.24) is 10.3 Å². The van der Waals surface area contributed by atoms with Gasteiger partial charge in [-0.2, -0.15) is 0 Å². The zero-order valence-corrected chi connectivity index (χ0v) is 10.4. The molecule has 0 bridgehead atoms. The van der Waals surface area contributed by atoms with E-state index in [1.54, 1.807) is 6.07 Å². The fourth-order valence-electron chi connectivity index (χ4n) is 1.45. The summed E-state index contributed by atoms with van der Waals surface area (Å²) in [7, 11) is 0. The largest absolute Gasteiger partial charge is 0.480 e. The zero-order valence-electron chi connectivity index (χ0n) is 10.4. The molecule has 5 nitrogen and oxygen atoms in total. The number of carboxylic acid groups (broad SMARTS) is 1. The molecule has 0 aliphatic carbocycles. The maximum atomic E-state index is 11.5. The van der Waals surface area contributed by atoms with Crippen LogP contribution in [0, 0.1) is 0 Å². The van der Waals surface area contributed by atoms with Gasteiger partial charge in [-0.3, -0.25) is 9.59 Å². The number of rotatable bonds is 3. The molecule has 0 spiro atoms. The second-order valence-corrected chi connectivity index (χ2v) is 3.35. The Morgan fingerprint density at radius 2 is 1.94 bits per heavy atom. The molecule has 2 rings (SSSR count). The van der Waals surface area contributed by atoms with Gasteiger partial charge in [-0.25, -0.2) is 0 Å². The first-order valence-electron chi connectivity index (χ1n) is 5.74. The van der Waals surface area contributed by atoms with Crippen LogP contribution in [0.5, 0.6) is 0 Å². The molecule has 2 aromatic rings. The number of carbonyl (C=O) groups is 2. The maximum Gasteiger partial charge on any atom is 0.322 e. The van der Waals surface area contributed by atoms with Gasteiger partial charge in [0.05, 0.1) is 0 Å². The van der Waals surface area contributed by atoms with Crippen LogP contribution in [0.3, 0.4) is 0 Å². The van der Waals surface area contributed by atoms with Gasteiger partial charge >= 0.3 is 5.97 Å². The van der Waals surface area contributed by atoms with Gasteiger partial charge < -0.3 is 15.4 Å². The molecule has 0 saturated heterocycles. The van der Waals surface area contributed by atoms with Crippen molar-refractivity contribution in [2.24, 2.45) is 0 Å². The molecule has 0 fully saturated rings. The highest BCUT2D eigenvalue weighted by Gasteiger charge is 2.09. The lowest BCUT2D eigenvalue weighted by atomic mass is 10.2. The van der Waals surface area contributed by atoms with Gasteiger partial charge in [0.2, 0.25) is 0 Å². The number of para-hydroxylation sites is 1. The van der Waals surface area contributed by atoms with Crippen molar-refractivity contribution in [3.8, 4) is 0 Å². The highest BCUT2D eigenvalue weighted by atomic mass is 16.4. The summed E-state index contributed by atoms with van der Waals surface area (Å²) in [6, 6.07) is 9.14. The number of aromatic nitrogens is 1. The van der Waals surface area contributed by atoms with Crippen molar-refractivity contribution in [2.75, 3.05) is 6.54 Å². The quantitative estimate of drug-likeness (QED) is 0.777. The molecule has 18 heavy (non-hydrogen) atoms. The van der Waals surface area contributed by atoms with Crippen molar-refractivity contribution in [3.63, 3.8) is 0 Å². The van der Waals surface area contributed by atoms with E-state index in [0.29, 0.717) is 5.69 Å². The number of aliphatic carboxylic acids is 1. The number of carbonyl (C=O) groups excluding carboxylic acids is 1. The minimum absolute atomic E-state index is 0.363. The molecule has 0 aliphatic heterocycles. The minimum atomic E-state index is -1.07. The van der Waals surface area contributed by atoms with E-state index in [1.807, 2.05) is 38.1 Å². The summed E-state index contributed by atoms with van der Waals surface area (Å²) >= 11 is 0. The third-order valence-corrected chi connectivity index (χ3v) is 2.17. The number of carboxylic acids is 1. The maximum absolute atomic E-state index is 11.5. The van der Waals surface area contributed by atoms with Crippen molar-refractivity contribution >= 4 is 22.8 Å². The van der Waals surface area contributed by atoms with E-state index in [1.165, 1.54) is 0 Å². The SMILES string of the molecule is CC.O=C(O)CNC(=O)c1cc2ccccc2[nH]1. The van der Waals surface area contributed by atoms with Crippen LogP contribution in [-0.2, 0) is 4.79 Å². The number of nitrogens with one attached hydrogen (secondary N) is 2. The number of amides is 1. The topological polar surface area (TPSA) is 82.2 Å². The Morgan fingerprint density at radius 1 is 1.28 bits per heavy atom. The van der Waals surface area contributed by atoms with Gasteiger partial charge in [-0.15, -0.1) is 0 Å². The average Bonchev–Trinajstić information content (AvgIpc) is 2.82. The second-order valence-electron chi connectivity index (χ2n) is 3.35. The first kappa shape index (κ1) is 13.8. The van der Waals surface area contributed by atoms with Crippen LogP contribution in [0.2, 0.25) is 0 Å². The Kier molecular flexibility index (Phi) is 4.92.